The summed E-state index contributed by atoms with van der Waals surface area (Å²) >= 11 is 0. The fourth-order valence-electron chi connectivity index (χ4n) is 1.92. The molecule has 1 unspecified atom stereocenters. The molecule has 1 N–H and O–H groups in total. The van der Waals surface area contributed by atoms with Gasteiger partial charge in [0.25, 0.3) is 0 Å². The van der Waals surface area contributed by atoms with Crippen LogP contribution in [0.25, 0.3) is 0 Å². The van der Waals surface area contributed by atoms with E-state index in [1.165, 1.54) is 24.1 Å². The van der Waals surface area contributed by atoms with Crippen molar-refractivity contribution in [3.63, 3.8) is 0 Å². The molecule has 2 nitrogen and oxygen atoms in total. The van der Waals surface area contributed by atoms with E-state index in [1.54, 1.807) is 0 Å². The topological polar surface area (TPSA) is 24.9 Å². The van der Waals surface area contributed by atoms with Crippen LogP contribution in [0.2, 0.25) is 0 Å². The summed E-state index contributed by atoms with van der Waals surface area (Å²) in [6.45, 7) is 5.33. The van der Waals surface area contributed by atoms with E-state index in [1.807, 2.05) is 0 Å². The van der Waals surface area contributed by atoms with Crippen molar-refractivity contribution in [3.05, 3.63) is 29.1 Å². The molecule has 0 saturated carbocycles. The first kappa shape index (κ1) is 8.70. The number of aromatic nitrogens is 1. The molecule has 13 heavy (non-hydrogen) atoms. The van der Waals surface area contributed by atoms with Gasteiger partial charge in [0.1, 0.15) is 0 Å². The molecule has 1 aliphatic rings. The zero-order valence-corrected chi connectivity index (χ0v) is 8.30. The zero-order chi connectivity index (χ0) is 9.26. The van der Waals surface area contributed by atoms with E-state index in [4.69, 9.17) is 0 Å². The molecule has 1 aromatic rings. The van der Waals surface area contributed by atoms with Crippen molar-refractivity contribution in [1.29, 1.82) is 0 Å². The molecule has 2 rings (SSSR count). The maximum Gasteiger partial charge on any atom is 0.0605 e. The molecule has 0 aliphatic carbocycles. The Labute approximate surface area is 79.4 Å². The molecular weight excluding hydrogens is 160 g/mol. The first-order chi connectivity index (χ1) is 6.27. The lowest BCUT2D eigenvalue weighted by atomic mass is 10.1. The smallest absolute Gasteiger partial charge is 0.0605 e. The third-order valence-electron chi connectivity index (χ3n) is 2.67. The van der Waals surface area contributed by atoms with E-state index in [0.29, 0.717) is 6.04 Å². The lowest BCUT2D eigenvalue weighted by Gasteiger charge is -2.12. The lowest BCUT2D eigenvalue weighted by Crippen LogP contribution is -2.15. The number of aryl methyl sites for hydroxylation is 2. The van der Waals surface area contributed by atoms with Crippen LogP contribution in [0, 0.1) is 13.8 Å². The molecule has 1 aromatic heterocycles. The molecular formula is C11H16N2. The minimum Gasteiger partial charge on any atom is -0.309 e. The van der Waals surface area contributed by atoms with Crippen molar-refractivity contribution in [3.8, 4) is 0 Å². The van der Waals surface area contributed by atoms with Crippen LogP contribution in [0.5, 0.6) is 0 Å². The second-order valence-corrected chi connectivity index (χ2v) is 3.80. The molecule has 70 valence electrons. The van der Waals surface area contributed by atoms with Crippen LogP contribution in [0.4, 0.5) is 0 Å². The van der Waals surface area contributed by atoms with Gasteiger partial charge in [-0.3, -0.25) is 4.98 Å². The highest BCUT2D eigenvalue weighted by atomic mass is 15.0. The fourth-order valence-corrected chi connectivity index (χ4v) is 1.92. The van der Waals surface area contributed by atoms with E-state index < -0.39 is 0 Å². The second kappa shape index (κ2) is 3.46. The highest BCUT2D eigenvalue weighted by molar-refractivity contribution is 5.24. The lowest BCUT2D eigenvalue weighted by molar-refractivity contribution is 0.621. The molecule has 0 aromatic carbocycles. The number of hydrogen-bond acceptors (Lipinski definition) is 2. The Kier molecular flexibility index (Phi) is 2.32. The summed E-state index contributed by atoms with van der Waals surface area (Å²) in [5, 5.41) is 3.48. The van der Waals surface area contributed by atoms with Gasteiger partial charge in [-0.2, -0.15) is 0 Å². The summed E-state index contributed by atoms with van der Waals surface area (Å²) < 4.78 is 0. The van der Waals surface area contributed by atoms with Crippen LogP contribution < -0.4 is 5.32 Å². The largest absolute Gasteiger partial charge is 0.309 e. The van der Waals surface area contributed by atoms with Crippen molar-refractivity contribution in [2.24, 2.45) is 0 Å². The molecule has 0 spiro atoms. The van der Waals surface area contributed by atoms with Gasteiger partial charge in [-0.1, -0.05) is 6.07 Å². The van der Waals surface area contributed by atoms with Crippen LogP contribution in [0.15, 0.2) is 12.1 Å². The standard InChI is InChI=1S/C11H16N2/c1-8-5-6-9(2)13-11(8)10-4-3-7-12-10/h5-6,10,12H,3-4,7H2,1-2H3. The van der Waals surface area contributed by atoms with Gasteiger partial charge in [-0.05, 0) is 44.9 Å². The van der Waals surface area contributed by atoms with Crippen molar-refractivity contribution < 1.29 is 0 Å². The normalized spacial score (nSPS) is 22.2. The van der Waals surface area contributed by atoms with Gasteiger partial charge < -0.3 is 5.32 Å². The Morgan fingerprint density at radius 2 is 2.23 bits per heavy atom. The Hall–Kier alpha value is -0.890. The molecule has 1 saturated heterocycles. The first-order valence-corrected chi connectivity index (χ1v) is 4.95. The van der Waals surface area contributed by atoms with Crippen molar-refractivity contribution in [2.45, 2.75) is 32.7 Å². The van der Waals surface area contributed by atoms with Crippen LogP contribution >= 0.6 is 0 Å². The second-order valence-electron chi connectivity index (χ2n) is 3.80. The quantitative estimate of drug-likeness (QED) is 0.709. The summed E-state index contributed by atoms with van der Waals surface area (Å²) in [6, 6.07) is 4.74. The molecule has 2 heteroatoms. The zero-order valence-electron chi connectivity index (χ0n) is 8.30. The van der Waals surface area contributed by atoms with Crippen LogP contribution in [0.1, 0.15) is 35.8 Å². The maximum atomic E-state index is 4.59. The molecule has 2 heterocycles. The highest BCUT2D eigenvalue weighted by Gasteiger charge is 2.18. The van der Waals surface area contributed by atoms with E-state index >= 15 is 0 Å². The average molecular weight is 176 g/mol. The monoisotopic (exact) mass is 176 g/mol. The Balaban J connectivity index is 2.32. The van der Waals surface area contributed by atoms with Gasteiger partial charge in [0.15, 0.2) is 0 Å². The van der Waals surface area contributed by atoms with Crippen LogP contribution in [-0.2, 0) is 0 Å². The highest BCUT2D eigenvalue weighted by Crippen LogP contribution is 2.23. The molecule has 0 bridgehead atoms. The molecule has 1 atom stereocenters. The number of pyridine rings is 1. The van der Waals surface area contributed by atoms with E-state index in [0.717, 1.165) is 12.2 Å². The van der Waals surface area contributed by atoms with E-state index in [-0.39, 0.29) is 0 Å². The Morgan fingerprint density at radius 3 is 2.92 bits per heavy atom. The number of hydrogen-bond donors (Lipinski definition) is 1. The average Bonchev–Trinajstić information content (AvgIpc) is 2.61. The summed E-state index contributed by atoms with van der Waals surface area (Å²) in [5.74, 6) is 0. The van der Waals surface area contributed by atoms with Gasteiger partial charge in [-0.25, -0.2) is 0 Å². The molecule has 0 radical (unpaired) electrons. The van der Waals surface area contributed by atoms with E-state index in [9.17, 15) is 0 Å². The number of nitrogens with zero attached hydrogens (tertiary/aromatic N) is 1. The predicted molar refractivity (Wildman–Crippen MR) is 53.7 cm³/mol. The summed E-state index contributed by atoms with van der Waals surface area (Å²) in [7, 11) is 0. The van der Waals surface area contributed by atoms with Gasteiger partial charge in [0.05, 0.1) is 5.69 Å². The maximum absolute atomic E-state index is 4.59. The van der Waals surface area contributed by atoms with Crippen molar-refractivity contribution in [2.75, 3.05) is 6.54 Å². The molecule has 1 aliphatic heterocycles. The summed E-state index contributed by atoms with van der Waals surface area (Å²) in [6.07, 6.45) is 2.51. The predicted octanol–water partition coefficient (Wildman–Crippen LogP) is 2.12. The SMILES string of the molecule is Cc1ccc(C)c(C2CCCN2)n1. The minimum absolute atomic E-state index is 0.500. The minimum atomic E-state index is 0.500. The first-order valence-electron chi connectivity index (χ1n) is 4.95. The van der Waals surface area contributed by atoms with Crippen molar-refractivity contribution >= 4 is 0 Å². The van der Waals surface area contributed by atoms with Crippen LogP contribution in [0.3, 0.4) is 0 Å². The third-order valence-corrected chi connectivity index (χ3v) is 2.67. The van der Waals surface area contributed by atoms with Crippen LogP contribution in [-0.4, -0.2) is 11.5 Å². The van der Waals surface area contributed by atoms with Gasteiger partial charge in [0, 0.05) is 11.7 Å². The van der Waals surface area contributed by atoms with Gasteiger partial charge in [0.2, 0.25) is 0 Å². The molecule has 0 amide bonds. The van der Waals surface area contributed by atoms with E-state index in [2.05, 4.69) is 36.3 Å². The third kappa shape index (κ3) is 1.73. The summed E-state index contributed by atoms with van der Waals surface area (Å²) in [5.41, 5.74) is 3.68. The van der Waals surface area contributed by atoms with Crippen molar-refractivity contribution in [1.82, 2.24) is 10.3 Å². The Bertz CT molecular complexity index is 301. The fraction of sp³-hybridized carbons (Fsp3) is 0.545. The Morgan fingerprint density at radius 1 is 1.38 bits per heavy atom. The number of nitrogens with one attached hydrogen (secondary N) is 1. The summed E-state index contributed by atoms with van der Waals surface area (Å²) in [4.78, 5) is 4.59. The van der Waals surface area contributed by atoms with Gasteiger partial charge in [-0.15, -0.1) is 0 Å². The number of rotatable bonds is 1. The van der Waals surface area contributed by atoms with Gasteiger partial charge >= 0.3 is 0 Å². The molecule has 1 fully saturated rings.